The van der Waals surface area contributed by atoms with Crippen LogP contribution in [0.25, 0.3) is 23.1 Å². The fourth-order valence-corrected chi connectivity index (χ4v) is 6.53. The first-order valence-electron chi connectivity index (χ1n) is 12.7. The molecule has 0 saturated heterocycles. The lowest BCUT2D eigenvalue weighted by Gasteiger charge is -2.30. The van der Waals surface area contributed by atoms with Gasteiger partial charge in [0, 0.05) is 17.2 Å². The molecule has 0 spiro atoms. The number of allylic oxidation sites excluding steroid dienone is 1. The summed E-state index contributed by atoms with van der Waals surface area (Å²) in [5.41, 5.74) is 6.10. The molecule has 0 radical (unpaired) electrons. The molecule has 7 heteroatoms. The van der Waals surface area contributed by atoms with E-state index in [1.165, 1.54) is 16.9 Å². The highest BCUT2D eigenvalue weighted by atomic mass is 32.1. The van der Waals surface area contributed by atoms with Crippen molar-refractivity contribution in [3.05, 3.63) is 144 Å². The molecule has 0 saturated carbocycles. The standard InChI is InChI=1S/C32H22N2O4S/c35-30-27(18-21-15-17-26(38-21)23-12-6-7-13-24(23)31(36)37)39-32-33-28-22-11-5-4-8-19(22)14-16-25(28)29(34(30)32)20-9-2-1-3-10-20/h1-13,15,17-18,29H,14,16H2,(H,36,37)/b27-18-/t29-/m1/s1. The molecule has 2 aliphatic rings. The normalized spacial score (nSPS) is 16.3. The Balaban J connectivity index is 1.39. The molecule has 6 nitrogen and oxygen atoms in total. The van der Waals surface area contributed by atoms with Crippen molar-refractivity contribution in [2.45, 2.75) is 18.9 Å². The van der Waals surface area contributed by atoms with Crippen molar-refractivity contribution in [1.29, 1.82) is 0 Å². The van der Waals surface area contributed by atoms with E-state index in [1.807, 2.05) is 28.8 Å². The molecular formula is C32H22N2O4S. The number of benzene rings is 3. The molecule has 7 rings (SSSR count). The van der Waals surface area contributed by atoms with Gasteiger partial charge in [0.1, 0.15) is 11.5 Å². The maximum absolute atomic E-state index is 13.9. The van der Waals surface area contributed by atoms with Crippen molar-refractivity contribution in [3.8, 4) is 11.3 Å². The zero-order valence-corrected chi connectivity index (χ0v) is 21.5. The number of thiazole rings is 1. The quantitative estimate of drug-likeness (QED) is 0.343. The van der Waals surface area contributed by atoms with Crippen LogP contribution in [-0.2, 0) is 6.42 Å². The smallest absolute Gasteiger partial charge is 0.336 e. The number of nitrogens with zero attached hydrogens (tertiary/aromatic N) is 2. The van der Waals surface area contributed by atoms with Crippen LogP contribution in [0.15, 0.2) is 111 Å². The number of hydrogen-bond acceptors (Lipinski definition) is 5. The topological polar surface area (TPSA) is 84.8 Å². The van der Waals surface area contributed by atoms with E-state index < -0.39 is 5.97 Å². The van der Waals surface area contributed by atoms with Gasteiger partial charge in [-0.1, -0.05) is 84.1 Å². The van der Waals surface area contributed by atoms with Crippen molar-refractivity contribution >= 4 is 29.1 Å². The van der Waals surface area contributed by atoms with E-state index in [2.05, 4.69) is 30.3 Å². The number of fused-ring (bicyclic) bond motifs is 3. The molecule has 1 atom stereocenters. The molecule has 5 aromatic rings. The molecule has 1 N–H and O–H groups in total. The molecule has 2 aromatic heterocycles. The van der Waals surface area contributed by atoms with Crippen LogP contribution in [0.3, 0.4) is 0 Å². The first-order valence-corrected chi connectivity index (χ1v) is 13.5. The number of furan rings is 1. The molecule has 3 heterocycles. The van der Waals surface area contributed by atoms with Gasteiger partial charge in [0.25, 0.3) is 5.56 Å². The second-order valence-corrected chi connectivity index (χ2v) is 10.6. The van der Waals surface area contributed by atoms with E-state index >= 15 is 0 Å². The van der Waals surface area contributed by atoms with Crippen LogP contribution in [0, 0.1) is 0 Å². The minimum absolute atomic E-state index is 0.123. The summed E-state index contributed by atoms with van der Waals surface area (Å²) in [7, 11) is 0. The number of rotatable bonds is 4. The van der Waals surface area contributed by atoms with E-state index in [0.29, 0.717) is 26.4 Å². The average molecular weight is 531 g/mol. The zero-order chi connectivity index (χ0) is 26.5. The summed E-state index contributed by atoms with van der Waals surface area (Å²) in [6.45, 7) is 0. The molecule has 190 valence electrons. The third-order valence-electron chi connectivity index (χ3n) is 7.31. The van der Waals surface area contributed by atoms with Crippen LogP contribution in [0.5, 0.6) is 0 Å². The molecule has 0 amide bonds. The Morgan fingerprint density at radius 2 is 1.67 bits per heavy atom. The summed E-state index contributed by atoms with van der Waals surface area (Å²) in [5.74, 6) is -0.120. The van der Waals surface area contributed by atoms with E-state index in [0.717, 1.165) is 35.2 Å². The highest BCUT2D eigenvalue weighted by Crippen LogP contribution is 2.41. The average Bonchev–Trinajstić information content (AvgIpc) is 3.56. The third kappa shape index (κ3) is 3.90. The summed E-state index contributed by atoms with van der Waals surface area (Å²) in [6, 6.07) is 28.4. The maximum atomic E-state index is 13.9. The fraction of sp³-hybridized carbons (Fsp3) is 0.0938. The van der Waals surface area contributed by atoms with Crippen molar-refractivity contribution in [1.82, 2.24) is 4.57 Å². The molecule has 0 bridgehead atoms. The lowest BCUT2D eigenvalue weighted by atomic mass is 9.83. The second kappa shape index (κ2) is 9.22. The predicted molar refractivity (Wildman–Crippen MR) is 150 cm³/mol. The summed E-state index contributed by atoms with van der Waals surface area (Å²) in [5, 5.41) is 9.56. The van der Waals surface area contributed by atoms with Crippen LogP contribution < -0.4 is 14.9 Å². The SMILES string of the molecule is O=C(O)c1ccccc1-c1ccc(/C=c2\sc3n(c2=O)[C@H](c2ccccc2)C2=C(N=3)c3ccccc3CC2)o1. The molecule has 0 fully saturated rings. The Labute approximate surface area is 227 Å². The summed E-state index contributed by atoms with van der Waals surface area (Å²) in [4.78, 5) is 31.2. The van der Waals surface area contributed by atoms with E-state index in [1.54, 1.807) is 42.5 Å². The van der Waals surface area contributed by atoms with Crippen LogP contribution in [0.1, 0.15) is 45.3 Å². The molecule has 1 aliphatic heterocycles. The van der Waals surface area contributed by atoms with Gasteiger partial charge in [-0.25, -0.2) is 9.79 Å². The first-order chi connectivity index (χ1) is 19.1. The van der Waals surface area contributed by atoms with Crippen LogP contribution in [0.2, 0.25) is 0 Å². The van der Waals surface area contributed by atoms with Gasteiger partial charge in [0.05, 0.1) is 21.8 Å². The van der Waals surface area contributed by atoms with Gasteiger partial charge in [0.2, 0.25) is 0 Å². The Morgan fingerprint density at radius 1 is 0.923 bits per heavy atom. The van der Waals surface area contributed by atoms with Gasteiger partial charge in [-0.15, -0.1) is 0 Å². The monoisotopic (exact) mass is 530 g/mol. The number of carboxylic acid groups (broad SMARTS) is 1. The van der Waals surface area contributed by atoms with Crippen molar-refractivity contribution in [2.24, 2.45) is 4.99 Å². The van der Waals surface area contributed by atoms with Crippen LogP contribution >= 0.6 is 11.3 Å². The van der Waals surface area contributed by atoms with Gasteiger partial charge in [-0.3, -0.25) is 9.36 Å². The Bertz CT molecular complexity index is 1980. The minimum Gasteiger partial charge on any atom is -0.478 e. The lowest BCUT2D eigenvalue weighted by molar-refractivity contribution is 0.0697. The molecule has 0 unspecified atom stereocenters. The fourth-order valence-electron chi connectivity index (χ4n) is 5.55. The Kier molecular flexibility index (Phi) is 5.52. The van der Waals surface area contributed by atoms with Gasteiger partial charge in [-0.2, -0.15) is 0 Å². The van der Waals surface area contributed by atoms with E-state index in [9.17, 15) is 14.7 Å². The number of aryl methyl sites for hydroxylation is 1. The summed E-state index contributed by atoms with van der Waals surface area (Å²) in [6.07, 6.45) is 3.46. The summed E-state index contributed by atoms with van der Waals surface area (Å²) >= 11 is 1.34. The molecule has 39 heavy (non-hydrogen) atoms. The number of carboxylic acids is 1. The highest BCUT2D eigenvalue weighted by Gasteiger charge is 2.32. The largest absolute Gasteiger partial charge is 0.478 e. The van der Waals surface area contributed by atoms with Crippen molar-refractivity contribution < 1.29 is 14.3 Å². The van der Waals surface area contributed by atoms with Crippen LogP contribution in [0.4, 0.5) is 0 Å². The van der Waals surface area contributed by atoms with Crippen molar-refractivity contribution in [3.63, 3.8) is 0 Å². The van der Waals surface area contributed by atoms with Crippen molar-refractivity contribution in [2.75, 3.05) is 0 Å². The molecule has 1 aliphatic carbocycles. The number of hydrogen-bond donors (Lipinski definition) is 1. The Morgan fingerprint density at radius 3 is 2.49 bits per heavy atom. The minimum atomic E-state index is -1.02. The van der Waals surface area contributed by atoms with E-state index in [-0.39, 0.29) is 17.2 Å². The van der Waals surface area contributed by atoms with Crippen LogP contribution in [-0.4, -0.2) is 15.6 Å². The first kappa shape index (κ1) is 23.4. The van der Waals surface area contributed by atoms with Gasteiger partial charge in [-0.05, 0) is 47.7 Å². The predicted octanol–water partition coefficient (Wildman–Crippen LogP) is 5.28. The van der Waals surface area contributed by atoms with Gasteiger partial charge < -0.3 is 9.52 Å². The zero-order valence-electron chi connectivity index (χ0n) is 20.7. The second-order valence-electron chi connectivity index (χ2n) is 9.58. The molecule has 3 aromatic carbocycles. The number of carbonyl (C=O) groups is 1. The third-order valence-corrected chi connectivity index (χ3v) is 8.29. The number of aromatic nitrogens is 1. The lowest BCUT2D eigenvalue weighted by Crippen LogP contribution is -2.38. The summed E-state index contributed by atoms with van der Waals surface area (Å²) < 4.78 is 8.32. The molecular weight excluding hydrogens is 508 g/mol. The van der Waals surface area contributed by atoms with Gasteiger partial charge in [0.15, 0.2) is 4.80 Å². The van der Waals surface area contributed by atoms with E-state index in [4.69, 9.17) is 9.41 Å². The number of aromatic carboxylic acids is 1. The highest BCUT2D eigenvalue weighted by molar-refractivity contribution is 7.07. The maximum Gasteiger partial charge on any atom is 0.336 e. The van der Waals surface area contributed by atoms with Gasteiger partial charge >= 0.3 is 5.97 Å². The Hall–Kier alpha value is -4.75.